The Hall–Kier alpha value is -1.36. The Morgan fingerprint density at radius 3 is 2.47 bits per heavy atom. The summed E-state index contributed by atoms with van der Waals surface area (Å²) in [5.74, 6) is 0.223. The van der Waals surface area contributed by atoms with Crippen LogP contribution in [0.4, 0.5) is 5.69 Å². The minimum Gasteiger partial charge on any atom is -0.370 e. The molecule has 0 aromatic heterocycles. The fourth-order valence-electron chi connectivity index (χ4n) is 2.41. The van der Waals surface area contributed by atoms with E-state index >= 15 is 0 Å². The highest BCUT2D eigenvalue weighted by Crippen LogP contribution is 2.29. The van der Waals surface area contributed by atoms with Crippen molar-refractivity contribution in [3.63, 3.8) is 0 Å². The summed E-state index contributed by atoms with van der Waals surface area (Å²) in [6.07, 6.45) is 2.60. The third-order valence-electron chi connectivity index (χ3n) is 3.65. The lowest BCUT2D eigenvalue weighted by Gasteiger charge is -2.32. The first-order valence-electron chi connectivity index (χ1n) is 6.60. The normalized spacial score (nSPS) is 17.4. The standard InChI is InChI=1S/C14H19NO3S/c1-2-19(17,18)14-6-4-3-5-13(14)15-9-7-12(11-16)8-10-15/h3-6,11-12H,2,7-10H2,1H3. The number of nitrogens with zero attached hydrogens (tertiary/aromatic N) is 1. The van der Waals surface area contributed by atoms with Gasteiger partial charge in [0.25, 0.3) is 0 Å². The van der Waals surface area contributed by atoms with Crippen molar-refractivity contribution >= 4 is 21.8 Å². The summed E-state index contributed by atoms with van der Waals surface area (Å²) >= 11 is 0. The molecule has 0 bridgehead atoms. The molecule has 2 rings (SSSR count). The average Bonchev–Trinajstić information content (AvgIpc) is 2.47. The van der Waals surface area contributed by atoms with E-state index in [1.165, 1.54) is 0 Å². The van der Waals surface area contributed by atoms with Crippen LogP contribution in [0, 0.1) is 5.92 Å². The van der Waals surface area contributed by atoms with Gasteiger partial charge in [-0.2, -0.15) is 0 Å². The molecule has 0 unspecified atom stereocenters. The molecule has 0 N–H and O–H groups in total. The maximum absolute atomic E-state index is 12.1. The molecule has 19 heavy (non-hydrogen) atoms. The number of carbonyl (C=O) groups excluding carboxylic acids is 1. The van der Waals surface area contributed by atoms with Gasteiger partial charge in [0.05, 0.1) is 16.3 Å². The van der Waals surface area contributed by atoms with Crippen LogP contribution >= 0.6 is 0 Å². The zero-order chi connectivity index (χ0) is 13.9. The Morgan fingerprint density at radius 1 is 1.26 bits per heavy atom. The third-order valence-corrected chi connectivity index (χ3v) is 5.43. The minimum atomic E-state index is -3.21. The summed E-state index contributed by atoms with van der Waals surface area (Å²) in [6, 6.07) is 7.13. The van der Waals surface area contributed by atoms with E-state index in [1.54, 1.807) is 19.1 Å². The molecule has 0 atom stereocenters. The number of rotatable bonds is 4. The van der Waals surface area contributed by atoms with E-state index in [2.05, 4.69) is 4.90 Å². The summed E-state index contributed by atoms with van der Waals surface area (Å²) in [5.41, 5.74) is 0.772. The molecule has 0 spiro atoms. The fraction of sp³-hybridized carbons (Fsp3) is 0.500. The number of carbonyl (C=O) groups is 1. The van der Waals surface area contributed by atoms with Crippen LogP contribution in [0.25, 0.3) is 0 Å². The van der Waals surface area contributed by atoms with Gasteiger partial charge in [0.2, 0.25) is 0 Å². The number of para-hydroxylation sites is 1. The van der Waals surface area contributed by atoms with Crippen molar-refractivity contribution in [2.24, 2.45) is 5.92 Å². The molecule has 4 nitrogen and oxygen atoms in total. The van der Waals surface area contributed by atoms with Gasteiger partial charge < -0.3 is 9.69 Å². The van der Waals surface area contributed by atoms with Gasteiger partial charge in [0.1, 0.15) is 6.29 Å². The third kappa shape index (κ3) is 2.97. The smallest absolute Gasteiger partial charge is 0.180 e. The van der Waals surface area contributed by atoms with E-state index in [0.717, 1.165) is 37.9 Å². The average molecular weight is 281 g/mol. The molecule has 1 fully saturated rings. The lowest BCUT2D eigenvalue weighted by atomic mass is 9.98. The molecule has 104 valence electrons. The van der Waals surface area contributed by atoms with Gasteiger partial charge in [-0.3, -0.25) is 0 Å². The molecular weight excluding hydrogens is 262 g/mol. The number of aldehydes is 1. The van der Waals surface area contributed by atoms with Gasteiger partial charge in [-0.05, 0) is 25.0 Å². The van der Waals surface area contributed by atoms with E-state index < -0.39 is 9.84 Å². The number of hydrogen-bond acceptors (Lipinski definition) is 4. The van der Waals surface area contributed by atoms with Gasteiger partial charge in [-0.25, -0.2) is 8.42 Å². The lowest BCUT2D eigenvalue weighted by molar-refractivity contribution is -0.111. The highest BCUT2D eigenvalue weighted by atomic mass is 32.2. The predicted molar refractivity (Wildman–Crippen MR) is 75.2 cm³/mol. The van der Waals surface area contributed by atoms with Gasteiger partial charge in [-0.1, -0.05) is 19.1 Å². The summed E-state index contributed by atoms with van der Waals surface area (Å²) in [4.78, 5) is 13.2. The van der Waals surface area contributed by atoms with Gasteiger partial charge >= 0.3 is 0 Å². The van der Waals surface area contributed by atoms with Crippen LogP contribution in [0.3, 0.4) is 0 Å². The Labute approximate surface area is 114 Å². The van der Waals surface area contributed by atoms with Crippen LogP contribution in [-0.2, 0) is 14.6 Å². The van der Waals surface area contributed by atoms with Gasteiger partial charge in [-0.15, -0.1) is 0 Å². The second-order valence-electron chi connectivity index (χ2n) is 4.83. The van der Waals surface area contributed by atoms with Gasteiger partial charge in [0.15, 0.2) is 9.84 Å². The van der Waals surface area contributed by atoms with Crippen molar-refractivity contribution in [1.29, 1.82) is 0 Å². The van der Waals surface area contributed by atoms with Crippen LogP contribution in [0.15, 0.2) is 29.2 Å². The first-order valence-corrected chi connectivity index (χ1v) is 8.25. The second kappa shape index (κ2) is 5.74. The van der Waals surface area contributed by atoms with Crippen molar-refractivity contribution < 1.29 is 13.2 Å². The number of piperidine rings is 1. The van der Waals surface area contributed by atoms with Crippen molar-refractivity contribution in [2.75, 3.05) is 23.7 Å². The summed E-state index contributed by atoms with van der Waals surface area (Å²) < 4.78 is 24.2. The van der Waals surface area contributed by atoms with E-state index in [0.29, 0.717) is 4.90 Å². The van der Waals surface area contributed by atoms with E-state index in [-0.39, 0.29) is 11.7 Å². The Kier molecular flexibility index (Phi) is 4.24. The number of sulfone groups is 1. The Bertz CT molecular complexity index is 546. The fourth-order valence-corrected chi connectivity index (χ4v) is 3.53. The van der Waals surface area contributed by atoms with Crippen molar-refractivity contribution in [1.82, 2.24) is 0 Å². The SMILES string of the molecule is CCS(=O)(=O)c1ccccc1N1CCC(C=O)CC1. The highest BCUT2D eigenvalue weighted by molar-refractivity contribution is 7.91. The molecule has 0 radical (unpaired) electrons. The summed E-state index contributed by atoms with van der Waals surface area (Å²) in [6.45, 7) is 3.13. The Balaban J connectivity index is 2.29. The van der Waals surface area contributed by atoms with Crippen molar-refractivity contribution in [3.8, 4) is 0 Å². The molecule has 1 aliphatic heterocycles. The Morgan fingerprint density at radius 2 is 1.89 bits per heavy atom. The number of hydrogen-bond donors (Lipinski definition) is 0. The molecule has 0 aliphatic carbocycles. The molecule has 1 aliphatic rings. The van der Waals surface area contributed by atoms with Crippen LogP contribution < -0.4 is 4.90 Å². The first-order chi connectivity index (χ1) is 9.08. The van der Waals surface area contributed by atoms with Crippen LogP contribution in [0.1, 0.15) is 19.8 Å². The van der Waals surface area contributed by atoms with E-state index in [1.807, 2.05) is 12.1 Å². The van der Waals surface area contributed by atoms with E-state index in [4.69, 9.17) is 0 Å². The molecular formula is C14H19NO3S. The van der Waals surface area contributed by atoms with Crippen LogP contribution in [0.5, 0.6) is 0 Å². The number of benzene rings is 1. The summed E-state index contributed by atoms with van der Waals surface area (Å²) in [7, 11) is -3.21. The van der Waals surface area contributed by atoms with Crippen molar-refractivity contribution in [3.05, 3.63) is 24.3 Å². The molecule has 1 aromatic rings. The molecule has 0 amide bonds. The van der Waals surface area contributed by atoms with Crippen molar-refractivity contribution in [2.45, 2.75) is 24.7 Å². The molecule has 1 heterocycles. The first kappa shape index (κ1) is 14.1. The zero-order valence-electron chi connectivity index (χ0n) is 11.1. The van der Waals surface area contributed by atoms with Crippen LogP contribution in [0.2, 0.25) is 0 Å². The quantitative estimate of drug-likeness (QED) is 0.791. The van der Waals surface area contributed by atoms with E-state index in [9.17, 15) is 13.2 Å². The van der Waals surface area contributed by atoms with Crippen LogP contribution in [-0.4, -0.2) is 33.5 Å². The molecule has 5 heteroatoms. The second-order valence-corrected chi connectivity index (χ2v) is 7.08. The topological polar surface area (TPSA) is 54.5 Å². The van der Waals surface area contributed by atoms with Gasteiger partial charge in [0, 0.05) is 19.0 Å². The molecule has 1 saturated heterocycles. The maximum Gasteiger partial charge on any atom is 0.180 e. The predicted octanol–water partition coefficient (Wildman–Crippen LogP) is 1.90. The minimum absolute atomic E-state index is 0.106. The number of anilines is 1. The highest BCUT2D eigenvalue weighted by Gasteiger charge is 2.24. The molecule has 0 saturated carbocycles. The lowest BCUT2D eigenvalue weighted by Crippen LogP contribution is -2.35. The largest absolute Gasteiger partial charge is 0.370 e. The summed E-state index contributed by atoms with van der Waals surface area (Å²) in [5, 5.41) is 0. The monoisotopic (exact) mass is 281 g/mol. The maximum atomic E-state index is 12.1. The zero-order valence-corrected chi connectivity index (χ0v) is 11.9. The molecule has 1 aromatic carbocycles.